The lowest BCUT2D eigenvalue weighted by molar-refractivity contribution is 0.481. The SMILES string of the molecule is Cc1ccc(NCCCF)cc1. The van der Waals surface area contributed by atoms with E-state index in [0.29, 0.717) is 13.0 Å². The third-order valence-electron chi connectivity index (χ3n) is 1.69. The van der Waals surface area contributed by atoms with Crippen LogP contribution >= 0.6 is 0 Å². The highest BCUT2D eigenvalue weighted by Crippen LogP contribution is 2.07. The second-order valence-electron chi connectivity index (χ2n) is 2.84. The molecule has 0 atom stereocenters. The summed E-state index contributed by atoms with van der Waals surface area (Å²) in [6, 6.07) is 8.09. The van der Waals surface area contributed by atoms with Crippen molar-refractivity contribution in [1.29, 1.82) is 0 Å². The highest BCUT2D eigenvalue weighted by Gasteiger charge is 1.89. The summed E-state index contributed by atoms with van der Waals surface area (Å²) in [5, 5.41) is 3.13. The van der Waals surface area contributed by atoms with Gasteiger partial charge in [-0.1, -0.05) is 17.7 Å². The maximum atomic E-state index is 11.7. The molecule has 0 aliphatic carbocycles. The minimum absolute atomic E-state index is 0.251. The third kappa shape index (κ3) is 2.91. The van der Waals surface area contributed by atoms with Gasteiger partial charge in [-0.3, -0.25) is 4.39 Å². The highest BCUT2D eigenvalue weighted by molar-refractivity contribution is 5.44. The first-order valence-electron chi connectivity index (χ1n) is 4.19. The monoisotopic (exact) mass is 167 g/mol. The molecule has 0 unspecified atom stereocenters. The lowest BCUT2D eigenvalue weighted by Crippen LogP contribution is -2.01. The molecule has 1 aromatic carbocycles. The first-order valence-corrected chi connectivity index (χ1v) is 4.19. The van der Waals surface area contributed by atoms with Crippen LogP contribution in [0.2, 0.25) is 0 Å². The van der Waals surface area contributed by atoms with E-state index in [9.17, 15) is 4.39 Å². The largest absolute Gasteiger partial charge is 0.385 e. The number of halogens is 1. The lowest BCUT2D eigenvalue weighted by atomic mass is 10.2. The molecule has 0 aromatic heterocycles. The lowest BCUT2D eigenvalue weighted by Gasteiger charge is -2.04. The van der Waals surface area contributed by atoms with E-state index >= 15 is 0 Å². The molecule has 0 saturated heterocycles. The fourth-order valence-electron chi connectivity index (χ4n) is 0.971. The molecule has 0 aliphatic rings. The van der Waals surface area contributed by atoms with Gasteiger partial charge in [-0.2, -0.15) is 0 Å². The van der Waals surface area contributed by atoms with Crippen molar-refractivity contribution in [2.24, 2.45) is 0 Å². The summed E-state index contributed by atoms with van der Waals surface area (Å²) in [5.74, 6) is 0. The number of alkyl halides is 1. The maximum Gasteiger partial charge on any atom is 0.0911 e. The van der Waals surface area contributed by atoms with E-state index in [1.54, 1.807) is 0 Å². The van der Waals surface area contributed by atoms with E-state index in [-0.39, 0.29) is 6.67 Å². The van der Waals surface area contributed by atoms with Gasteiger partial charge in [-0.15, -0.1) is 0 Å². The number of aryl methyl sites for hydroxylation is 1. The number of hydrogen-bond acceptors (Lipinski definition) is 1. The molecule has 2 heteroatoms. The summed E-state index contributed by atoms with van der Waals surface area (Å²) in [7, 11) is 0. The fourth-order valence-corrected chi connectivity index (χ4v) is 0.971. The van der Waals surface area contributed by atoms with E-state index in [4.69, 9.17) is 0 Å². The van der Waals surface area contributed by atoms with Crippen molar-refractivity contribution in [2.75, 3.05) is 18.5 Å². The van der Waals surface area contributed by atoms with Gasteiger partial charge in [0.1, 0.15) is 0 Å². The zero-order valence-electron chi connectivity index (χ0n) is 7.31. The van der Waals surface area contributed by atoms with Gasteiger partial charge < -0.3 is 5.32 Å². The van der Waals surface area contributed by atoms with Gasteiger partial charge in [0.15, 0.2) is 0 Å². The van der Waals surface area contributed by atoms with Gasteiger partial charge in [-0.05, 0) is 25.5 Å². The molecule has 0 bridgehead atoms. The Hall–Kier alpha value is -1.05. The van der Waals surface area contributed by atoms with Gasteiger partial charge in [0.2, 0.25) is 0 Å². The van der Waals surface area contributed by atoms with Gasteiger partial charge in [-0.25, -0.2) is 0 Å². The van der Waals surface area contributed by atoms with Crippen LogP contribution in [0, 0.1) is 6.92 Å². The molecule has 0 fully saturated rings. The van der Waals surface area contributed by atoms with Crippen LogP contribution in [0.4, 0.5) is 10.1 Å². The van der Waals surface area contributed by atoms with E-state index in [1.165, 1.54) is 5.56 Å². The minimum atomic E-state index is -0.251. The molecule has 0 radical (unpaired) electrons. The Kier molecular flexibility index (Phi) is 3.58. The smallest absolute Gasteiger partial charge is 0.0911 e. The summed E-state index contributed by atoms with van der Waals surface area (Å²) in [4.78, 5) is 0. The molecule has 1 aromatic rings. The zero-order chi connectivity index (χ0) is 8.81. The van der Waals surface area contributed by atoms with Crippen molar-refractivity contribution in [3.05, 3.63) is 29.8 Å². The first kappa shape index (κ1) is 9.04. The van der Waals surface area contributed by atoms with Crippen molar-refractivity contribution in [1.82, 2.24) is 0 Å². The average Bonchev–Trinajstić information content (AvgIpc) is 2.09. The molecule has 0 saturated carbocycles. The average molecular weight is 167 g/mol. The Morgan fingerprint density at radius 3 is 2.50 bits per heavy atom. The number of nitrogens with one attached hydrogen (secondary N) is 1. The molecular formula is C10H14FN. The minimum Gasteiger partial charge on any atom is -0.385 e. The van der Waals surface area contributed by atoms with Gasteiger partial charge >= 0.3 is 0 Å². The van der Waals surface area contributed by atoms with Crippen LogP contribution < -0.4 is 5.32 Å². The third-order valence-corrected chi connectivity index (χ3v) is 1.69. The Balaban J connectivity index is 2.37. The topological polar surface area (TPSA) is 12.0 Å². The zero-order valence-corrected chi connectivity index (χ0v) is 7.31. The van der Waals surface area contributed by atoms with Crippen LogP contribution in [0.3, 0.4) is 0 Å². The molecule has 0 spiro atoms. The Morgan fingerprint density at radius 2 is 1.92 bits per heavy atom. The van der Waals surface area contributed by atoms with Crippen LogP contribution in [0.15, 0.2) is 24.3 Å². The van der Waals surface area contributed by atoms with Crippen LogP contribution in [0.5, 0.6) is 0 Å². The van der Waals surface area contributed by atoms with Gasteiger partial charge in [0.25, 0.3) is 0 Å². The summed E-state index contributed by atoms with van der Waals surface area (Å²) in [6.07, 6.45) is 0.577. The van der Waals surface area contributed by atoms with Crippen LogP contribution in [0.25, 0.3) is 0 Å². The molecule has 0 amide bonds. The van der Waals surface area contributed by atoms with E-state index < -0.39 is 0 Å². The van der Waals surface area contributed by atoms with Crippen molar-refractivity contribution in [3.8, 4) is 0 Å². The second-order valence-corrected chi connectivity index (χ2v) is 2.84. The molecular weight excluding hydrogens is 153 g/mol. The second kappa shape index (κ2) is 4.75. The highest BCUT2D eigenvalue weighted by atomic mass is 19.1. The van der Waals surface area contributed by atoms with Crippen LogP contribution in [0.1, 0.15) is 12.0 Å². The molecule has 1 rings (SSSR count). The Bertz CT molecular complexity index is 218. The molecule has 12 heavy (non-hydrogen) atoms. The first-order chi connectivity index (χ1) is 5.83. The van der Waals surface area contributed by atoms with Crippen molar-refractivity contribution < 1.29 is 4.39 Å². The van der Waals surface area contributed by atoms with Crippen molar-refractivity contribution in [3.63, 3.8) is 0 Å². The predicted octanol–water partition coefficient (Wildman–Crippen LogP) is 2.77. The van der Waals surface area contributed by atoms with E-state index in [1.807, 2.05) is 31.2 Å². The molecule has 66 valence electrons. The summed E-state index contributed by atoms with van der Waals surface area (Å²) < 4.78 is 11.7. The van der Waals surface area contributed by atoms with Crippen molar-refractivity contribution in [2.45, 2.75) is 13.3 Å². The van der Waals surface area contributed by atoms with Gasteiger partial charge in [0.05, 0.1) is 6.67 Å². The number of anilines is 1. The maximum absolute atomic E-state index is 11.7. The van der Waals surface area contributed by atoms with E-state index in [0.717, 1.165) is 5.69 Å². The normalized spacial score (nSPS) is 9.83. The van der Waals surface area contributed by atoms with Gasteiger partial charge in [0, 0.05) is 12.2 Å². The van der Waals surface area contributed by atoms with Crippen molar-refractivity contribution >= 4 is 5.69 Å². The quantitative estimate of drug-likeness (QED) is 0.680. The number of hydrogen-bond donors (Lipinski definition) is 1. The molecule has 0 aliphatic heterocycles. The van der Waals surface area contributed by atoms with E-state index in [2.05, 4.69) is 5.32 Å². The molecule has 1 nitrogen and oxygen atoms in total. The predicted molar refractivity (Wildman–Crippen MR) is 50.3 cm³/mol. The standard InChI is InChI=1S/C10H14FN/c1-9-3-5-10(6-4-9)12-8-2-7-11/h3-6,12H,2,7-8H2,1H3. The molecule has 0 heterocycles. The molecule has 1 N–H and O–H groups in total. The summed E-state index contributed by atoms with van der Waals surface area (Å²) in [5.41, 5.74) is 2.31. The Morgan fingerprint density at radius 1 is 1.25 bits per heavy atom. The van der Waals surface area contributed by atoms with Crippen LogP contribution in [-0.2, 0) is 0 Å². The number of rotatable bonds is 4. The number of benzene rings is 1. The fraction of sp³-hybridized carbons (Fsp3) is 0.400. The summed E-state index contributed by atoms with van der Waals surface area (Å²) in [6.45, 7) is 2.50. The van der Waals surface area contributed by atoms with Crippen LogP contribution in [-0.4, -0.2) is 13.2 Å². The Labute approximate surface area is 72.6 Å². The summed E-state index contributed by atoms with van der Waals surface area (Å²) >= 11 is 0.